The molecular weight excluding hydrogens is 381 g/mol. The molecule has 0 saturated heterocycles. The van der Waals surface area contributed by atoms with E-state index in [0.717, 1.165) is 12.1 Å². The van der Waals surface area contributed by atoms with Gasteiger partial charge in [0.2, 0.25) is 5.60 Å². The Balaban J connectivity index is 2.11. The first kappa shape index (κ1) is 20.8. The summed E-state index contributed by atoms with van der Waals surface area (Å²) in [5.41, 5.74) is -3.40. The summed E-state index contributed by atoms with van der Waals surface area (Å²) in [4.78, 5) is 24.6. The van der Waals surface area contributed by atoms with Gasteiger partial charge >= 0.3 is 18.0 Å². The van der Waals surface area contributed by atoms with E-state index in [2.05, 4.69) is 5.32 Å². The van der Waals surface area contributed by atoms with Crippen LogP contribution in [0.5, 0.6) is 0 Å². The van der Waals surface area contributed by atoms with Gasteiger partial charge in [-0.05, 0) is 24.0 Å². The van der Waals surface area contributed by atoms with Gasteiger partial charge in [-0.1, -0.05) is 42.5 Å². The standard InChI is InChI=1S/C18H17F3N2O3S/c1-27-14-10-6-5-9-13(14)23-16(25)15(24)22-11-17(26,18(19,20)21)12-7-3-2-4-8-12/h2-10,26H,11H2,1H3,(H,22,24)(H,23,25)/t17-/m1/s1. The molecule has 0 aliphatic heterocycles. The quantitative estimate of drug-likeness (QED) is 0.535. The molecule has 0 aromatic heterocycles. The van der Waals surface area contributed by atoms with Gasteiger partial charge in [-0.15, -0.1) is 11.8 Å². The van der Waals surface area contributed by atoms with E-state index < -0.39 is 35.7 Å². The molecule has 0 unspecified atom stereocenters. The Labute approximate surface area is 158 Å². The number of nitrogens with one attached hydrogen (secondary N) is 2. The fourth-order valence-corrected chi connectivity index (χ4v) is 2.85. The number of alkyl halides is 3. The molecule has 9 heteroatoms. The monoisotopic (exact) mass is 398 g/mol. The fraction of sp³-hybridized carbons (Fsp3) is 0.222. The summed E-state index contributed by atoms with van der Waals surface area (Å²) in [6, 6.07) is 13.0. The Hall–Kier alpha value is -2.52. The fourth-order valence-electron chi connectivity index (χ4n) is 2.30. The van der Waals surface area contributed by atoms with Crippen LogP contribution in [0.2, 0.25) is 0 Å². The third-order valence-electron chi connectivity index (χ3n) is 3.79. The van der Waals surface area contributed by atoms with E-state index in [1.54, 1.807) is 30.5 Å². The predicted octanol–water partition coefficient (Wildman–Crippen LogP) is 2.91. The highest BCUT2D eigenvalue weighted by Crippen LogP contribution is 2.38. The molecule has 0 saturated carbocycles. The molecule has 0 aliphatic carbocycles. The first-order valence-corrected chi connectivity index (χ1v) is 8.98. The second kappa shape index (κ2) is 8.45. The van der Waals surface area contributed by atoms with E-state index in [1.165, 1.54) is 30.0 Å². The zero-order chi connectivity index (χ0) is 20.1. The Morgan fingerprint density at radius 1 is 1.00 bits per heavy atom. The van der Waals surface area contributed by atoms with Crippen LogP contribution in [0.15, 0.2) is 59.5 Å². The molecule has 0 bridgehead atoms. The Morgan fingerprint density at radius 3 is 2.19 bits per heavy atom. The number of hydrogen-bond acceptors (Lipinski definition) is 4. The molecule has 2 aromatic carbocycles. The second-order valence-corrected chi connectivity index (χ2v) is 6.41. The van der Waals surface area contributed by atoms with Crippen LogP contribution in [-0.2, 0) is 15.2 Å². The Bertz CT molecular complexity index is 815. The van der Waals surface area contributed by atoms with Crippen molar-refractivity contribution >= 4 is 29.3 Å². The number of carbonyl (C=O) groups excluding carboxylic acids is 2. The van der Waals surface area contributed by atoms with E-state index in [9.17, 15) is 27.9 Å². The number of hydrogen-bond donors (Lipinski definition) is 3. The number of carbonyl (C=O) groups is 2. The molecule has 2 aromatic rings. The van der Waals surface area contributed by atoms with Crippen LogP contribution < -0.4 is 10.6 Å². The van der Waals surface area contributed by atoms with Crippen molar-refractivity contribution in [3.8, 4) is 0 Å². The molecule has 3 N–H and O–H groups in total. The van der Waals surface area contributed by atoms with Crippen LogP contribution in [-0.4, -0.2) is 35.9 Å². The number of benzene rings is 2. The number of aliphatic hydroxyl groups is 1. The average molecular weight is 398 g/mol. The van der Waals surface area contributed by atoms with Crippen molar-refractivity contribution < 1.29 is 27.9 Å². The predicted molar refractivity (Wildman–Crippen MR) is 96.3 cm³/mol. The average Bonchev–Trinajstić information content (AvgIpc) is 2.65. The number of anilines is 1. The van der Waals surface area contributed by atoms with Crippen LogP contribution in [0.1, 0.15) is 5.56 Å². The van der Waals surface area contributed by atoms with Crippen molar-refractivity contribution in [2.24, 2.45) is 0 Å². The maximum absolute atomic E-state index is 13.4. The summed E-state index contributed by atoms with van der Waals surface area (Å²) in [6.07, 6.45) is -3.28. The van der Waals surface area contributed by atoms with Crippen molar-refractivity contribution in [1.82, 2.24) is 5.32 Å². The third kappa shape index (κ3) is 4.81. The summed E-state index contributed by atoms with van der Waals surface area (Å²) in [7, 11) is 0. The van der Waals surface area contributed by atoms with Gasteiger partial charge in [0, 0.05) is 4.90 Å². The van der Waals surface area contributed by atoms with E-state index in [0.29, 0.717) is 10.6 Å². The lowest BCUT2D eigenvalue weighted by atomic mass is 9.93. The number of rotatable bonds is 5. The van der Waals surface area contributed by atoms with Gasteiger partial charge < -0.3 is 15.7 Å². The lowest BCUT2D eigenvalue weighted by Gasteiger charge is -2.31. The molecular formula is C18H17F3N2O3S. The normalized spacial score (nSPS) is 13.5. The van der Waals surface area contributed by atoms with E-state index in [-0.39, 0.29) is 0 Å². The summed E-state index contributed by atoms with van der Waals surface area (Å²) in [5, 5.41) is 14.3. The topological polar surface area (TPSA) is 78.4 Å². The zero-order valence-electron chi connectivity index (χ0n) is 14.2. The van der Waals surface area contributed by atoms with Crippen molar-refractivity contribution in [3.05, 3.63) is 60.2 Å². The van der Waals surface area contributed by atoms with Crippen molar-refractivity contribution in [2.45, 2.75) is 16.7 Å². The van der Waals surface area contributed by atoms with Crippen molar-refractivity contribution in [1.29, 1.82) is 0 Å². The van der Waals surface area contributed by atoms with Crippen LogP contribution in [0.3, 0.4) is 0 Å². The van der Waals surface area contributed by atoms with E-state index in [4.69, 9.17) is 0 Å². The Kier molecular flexibility index (Phi) is 6.50. The smallest absolute Gasteiger partial charge is 0.375 e. The van der Waals surface area contributed by atoms with Gasteiger partial charge in [0.1, 0.15) is 0 Å². The first-order chi connectivity index (χ1) is 12.7. The maximum Gasteiger partial charge on any atom is 0.423 e. The molecule has 1 atom stereocenters. The van der Waals surface area contributed by atoms with E-state index >= 15 is 0 Å². The van der Waals surface area contributed by atoms with E-state index in [1.807, 2.05) is 5.32 Å². The molecule has 0 spiro atoms. The highest BCUT2D eigenvalue weighted by molar-refractivity contribution is 7.98. The van der Waals surface area contributed by atoms with Gasteiger partial charge in [-0.25, -0.2) is 0 Å². The molecule has 0 heterocycles. The van der Waals surface area contributed by atoms with Gasteiger partial charge in [-0.2, -0.15) is 13.2 Å². The molecule has 0 radical (unpaired) electrons. The molecule has 27 heavy (non-hydrogen) atoms. The van der Waals surface area contributed by atoms with Crippen LogP contribution in [0.4, 0.5) is 18.9 Å². The summed E-state index contributed by atoms with van der Waals surface area (Å²) < 4.78 is 40.1. The maximum atomic E-state index is 13.4. The first-order valence-electron chi connectivity index (χ1n) is 7.76. The zero-order valence-corrected chi connectivity index (χ0v) is 15.0. The summed E-state index contributed by atoms with van der Waals surface area (Å²) in [5.74, 6) is -2.42. The molecule has 144 valence electrons. The molecule has 5 nitrogen and oxygen atoms in total. The van der Waals surface area contributed by atoms with Gasteiger partial charge in [0.05, 0.1) is 12.2 Å². The number of thioether (sulfide) groups is 1. The summed E-state index contributed by atoms with van der Waals surface area (Å²) in [6.45, 7) is -1.20. The van der Waals surface area contributed by atoms with Gasteiger partial charge in [0.25, 0.3) is 0 Å². The second-order valence-electron chi connectivity index (χ2n) is 5.56. The van der Waals surface area contributed by atoms with Crippen LogP contribution in [0.25, 0.3) is 0 Å². The van der Waals surface area contributed by atoms with Crippen LogP contribution in [0, 0.1) is 0 Å². The minimum absolute atomic E-state index is 0.360. The number of halogens is 3. The van der Waals surface area contributed by atoms with Crippen LogP contribution >= 0.6 is 11.8 Å². The largest absolute Gasteiger partial charge is 0.423 e. The summed E-state index contributed by atoms with van der Waals surface area (Å²) >= 11 is 1.33. The van der Waals surface area contributed by atoms with Crippen molar-refractivity contribution in [3.63, 3.8) is 0 Å². The molecule has 0 aliphatic rings. The number of para-hydroxylation sites is 1. The molecule has 2 amide bonds. The van der Waals surface area contributed by atoms with Gasteiger partial charge in [-0.3, -0.25) is 9.59 Å². The molecule has 2 rings (SSSR count). The minimum Gasteiger partial charge on any atom is -0.375 e. The van der Waals surface area contributed by atoms with Crippen molar-refractivity contribution in [2.75, 3.05) is 18.1 Å². The minimum atomic E-state index is -5.05. The Morgan fingerprint density at radius 2 is 1.59 bits per heavy atom. The molecule has 0 fully saturated rings. The highest BCUT2D eigenvalue weighted by atomic mass is 32.2. The van der Waals surface area contributed by atoms with Gasteiger partial charge in [0.15, 0.2) is 0 Å². The lowest BCUT2D eigenvalue weighted by Crippen LogP contribution is -2.52. The highest BCUT2D eigenvalue weighted by Gasteiger charge is 2.55. The SMILES string of the molecule is CSc1ccccc1NC(=O)C(=O)NC[C@@](O)(c1ccccc1)C(F)(F)F. The third-order valence-corrected chi connectivity index (χ3v) is 4.58. The lowest BCUT2D eigenvalue weighted by molar-refractivity contribution is -0.264. The number of amides is 2.